The van der Waals surface area contributed by atoms with Gasteiger partial charge in [0, 0.05) is 0 Å². The lowest BCUT2D eigenvalue weighted by Gasteiger charge is -2.15. The zero-order chi connectivity index (χ0) is 8.85. The molecule has 0 aromatic rings. The van der Waals surface area contributed by atoms with Crippen LogP contribution in [0.1, 0.15) is 27.7 Å². The van der Waals surface area contributed by atoms with Gasteiger partial charge in [0.2, 0.25) is 0 Å². The Balaban J connectivity index is 4.41. The van der Waals surface area contributed by atoms with Crippen LogP contribution in [0.2, 0.25) is 0 Å². The molecule has 0 spiro atoms. The molecule has 0 aromatic carbocycles. The third-order valence-electron chi connectivity index (χ3n) is 2.11. The lowest BCUT2D eigenvalue weighted by molar-refractivity contribution is 1.40. The van der Waals surface area contributed by atoms with Gasteiger partial charge in [0.05, 0.1) is 10.4 Å². The smallest absolute Gasteiger partial charge is 0.156 e. The average Bonchev–Trinajstić information content (AvgIpc) is 2.05. The topological polar surface area (TPSA) is 12.0 Å². The summed E-state index contributed by atoms with van der Waals surface area (Å²) in [6.07, 6.45) is 4.46. The molecule has 0 aromatic heterocycles. The summed E-state index contributed by atoms with van der Waals surface area (Å²) in [6.45, 7) is 8.71. The van der Waals surface area contributed by atoms with E-state index in [9.17, 15) is 0 Å². The van der Waals surface area contributed by atoms with Gasteiger partial charge in [0.1, 0.15) is 0 Å². The molecular weight excluding hydrogens is 166 g/mol. The maximum atomic E-state index is 3.54. The molecule has 0 unspecified atom stereocenters. The second-order valence-corrected chi connectivity index (χ2v) is 7.78. The van der Waals surface area contributed by atoms with Crippen molar-refractivity contribution in [2.75, 3.05) is 0 Å². The van der Waals surface area contributed by atoms with Crippen molar-refractivity contribution in [2.45, 2.75) is 27.7 Å². The van der Waals surface area contributed by atoms with Crippen molar-refractivity contribution in [1.82, 2.24) is 4.65 Å². The molecule has 1 N–H and O–H groups in total. The molecule has 0 bridgehead atoms. The van der Waals surface area contributed by atoms with E-state index in [2.05, 4.69) is 44.5 Å². The minimum atomic E-state index is -0.867. The van der Waals surface area contributed by atoms with Crippen LogP contribution in [-0.2, 0) is 0 Å². The largest absolute Gasteiger partial charge is 0.363 e. The molecule has 11 heavy (non-hydrogen) atoms. The van der Waals surface area contributed by atoms with Gasteiger partial charge in [-0.3, -0.25) is 0 Å². The number of allylic oxidation sites excluding steroid dienone is 4. The maximum Gasteiger partial charge on any atom is 0.156 e. The zero-order valence-electron chi connectivity index (χ0n) is 8.23. The lowest BCUT2D eigenvalue weighted by atomic mass is 10.6. The van der Waals surface area contributed by atoms with E-state index in [-0.39, 0.29) is 0 Å². The summed E-state index contributed by atoms with van der Waals surface area (Å²) < 4.78 is 3.54. The lowest BCUT2D eigenvalue weighted by Crippen LogP contribution is -2.34. The summed E-state index contributed by atoms with van der Waals surface area (Å²) in [5.74, 6) is 0. The summed E-state index contributed by atoms with van der Waals surface area (Å²) in [7, 11) is 0.240. The van der Waals surface area contributed by atoms with E-state index in [1.165, 1.54) is 0 Å². The van der Waals surface area contributed by atoms with Crippen LogP contribution in [-0.4, -0.2) is 19.4 Å². The van der Waals surface area contributed by atoms with Crippen LogP contribution in [0.4, 0.5) is 0 Å². The molecule has 3 heteroatoms. The molecular formula is C8H19NSi2. The van der Waals surface area contributed by atoms with E-state index >= 15 is 0 Å². The molecule has 1 nitrogen and oxygen atoms in total. The van der Waals surface area contributed by atoms with Crippen molar-refractivity contribution in [2.24, 2.45) is 0 Å². The summed E-state index contributed by atoms with van der Waals surface area (Å²) in [6, 6.07) is 0. The first kappa shape index (κ1) is 10.9. The highest BCUT2D eigenvalue weighted by atomic mass is 28.3. The molecule has 0 atom stereocenters. The van der Waals surface area contributed by atoms with Gasteiger partial charge < -0.3 is 4.65 Å². The van der Waals surface area contributed by atoms with E-state index in [1.54, 1.807) is 10.4 Å². The first-order chi connectivity index (χ1) is 5.17. The van der Waals surface area contributed by atoms with E-state index in [1.807, 2.05) is 0 Å². The Labute approximate surface area is 74.8 Å². The fraction of sp³-hybridized carbons (Fsp3) is 0.500. The Morgan fingerprint density at radius 3 is 1.73 bits per heavy atom. The van der Waals surface area contributed by atoms with Crippen molar-refractivity contribution in [3.05, 3.63) is 22.5 Å². The molecule has 0 rings (SSSR count). The van der Waals surface area contributed by atoms with Crippen LogP contribution >= 0.6 is 0 Å². The Morgan fingerprint density at radius 2 is 1.55 bits per heavy atom. The fourth-order valence-electron chi connectivity index (χ4n) is 1.15. The van der Waals surface area contributed by atoms with Gasteiger partial charge in [0.15, 0.2) is 8.96 Å². The van der Waals surface area contributed by atoms with Crippen molar-refractivity contribution in [3.63, 3.8) is 0 Å². The first-order valence-corrected chi connectivity index (χ1v) is 6.83. The van der Waals surface area contributed by atoms with Crippen LogP contribution in [0.15, 0.2) is 22.5 Å². The second kappa shape index (κ2) is 5.51. The molecule has 0 aliphatic heterocycles. The van der Waals surface area contributed by atoms with Gasteiger partial charge >= 0.3 is 0 Å². The number of hydrogen-bond donors (Lipinski definition) is 1. The van der Waals surface area contributed by atoms with E-state index in [0.29, 0.717) is 0 Å². The van der Waals surface area contributed by atoms with E-state index in [0.717, 1.165) is 10.4 Å². The molecule has 0 aliphatic rings. The fourth-order valence-corrected chi connectivity index (χ4v) is 6.18. The van der Waals surface area contributed by atoms with Crippen LogP contribution in [0.25, 0.3) is 0 Å². The van der Waals surface area contributed by atoms with Crippen molar-refractivity contribution < 1.29 is 0 Å². The summed E-state index contributed by atoms with van der Waals surface area (Å²) in [5.41, 5.74) is 0. The number of rotatable bonds is 3. The highest BCUT2D eigenvalue weighted by Crippen LogP contribution is 2.05. The summed E-state index contributed by atoms with van der Waals surface area (Å²) >= 11 is 0. The molecule has 0 saturated heterocycles. The summed E-state index contributed by atoms with van der Waals surface area (Å²) in [5, 5.41) is 3.10. The first-order valence-electron chi connectivity index (χ1n) is 4.10. The van der Waals surface area contributed by atoms with Crippen LogP contribution < -0.4 is 4.65 Å². The standard InChI is InChI=1S/C8H19NSi2/c1-5-7(3)11(9-10)8(4)6-2/h5-6,9,11H,1-4,10H3. The Kier molecular flexibility index (Phi) is 5.45. The molecule has 0 radical (unpaired) electrons. The van der Waals surface area contributed by atoms with E-state index < -0.39 is 8.96 Å². The number of hydrogen-bond acceptors (Lipinski definition) is 1. The third kappa shape index (κ3) is 3.18. The Morgan fingerprint density at radius 1 is 1.18 bits per heavy atom. The van der Waals surface area contributed by atoms with Crippen molar-refractivity contribution in [3.8, 4) is 0 Å². The van der Waals surface area contributed by atoms with Gasteiger partial charge in [0.25, 0.3) is 0 Å². The predicted octanol–water partition coefficient (Wildman–Crippen LogP) is 0.591. The monoisotopic (exact) mass is 185 g/mol. The normalized spacial score (nSPS) is 17.1. The molecule has 0 heterocycles. The highest BCUT2D eigenvalue weighted by Gasteiger charge is 2.10. The van der Waals surface area contributed by atoms with Crippen molar-refractivity contribution in [1.29, 1.82) is 0 Å². The minimum Gasteiger partial charge on any atom is -0.363 e. The average molecular weight is 185 g/mol. The van der Waals surface area contributed by atoms with Gasteiger partial charge in [-0.05, 0) is 27.7 Å². The van der Waals surface area contributed by atoms with Crippen molar-refractivity contribution >= 4 is 19.4 Å². The predicted molar refractivity (Wildman–Crippen MR) is 59.1 cm³/mol. The zero-order valence-corrected chi connectivity index (χ0v) is 11.4. The second-order valence-electron chi connectivity index (χ2n) is 2.79. The highest BCUT2D eigenvalue weighted by molar-refractivity contribution is 6.74. The van der Waals surface area contributed by atoms with Gasteiger partial charge in [-0.1, -0.05) is 22.5 Å². The molecule has 0 amide bonds. The molecule has 0 saturated carbocycles. The quantitative estimate of drug-likeness (QED) is 0.635. The van der Waals surface area contributed by atoms with Crippen LogP contribution in [0.3, 0.4) is 0 Å². The Bertz CT molecular complexity index is 155. The minimum absolute atomic E-state index is 0.867. The SMILES string of the molecule is CC=C(C)[SiH](N[SiH3])C(C)=CC. The van der Waals surface area contributed by atoms with E-state index in [4.69, 9.17) is 0 Å². The Hall–Kier alpha value is -0.126. The number of nitrogens with one attached hydrogen (secondary N) is 1. The molecule has 0 aliphatic carbocycles. The van der Waals surface area contributed by atoms with Gasteiger partial charge in [-0.25, -0.2) is 0 Å². The maximum absolute atomic E-state index is 3.54. The van der Waals surface area contributed by atoms with Gasteiger partial charge in [-0.15, -0.1) is 0 Å². The summed E-state index contributed by atoms with van der Waals surface area (Å²) in [4.78, 5) is 0. The van der Waals surface area contributed by atoms with Crippen LogP contribution in [0, 0.1) is 0 Å². The molecule has 64 valence electrons. The third-order valence-corrected chi connectivity index (χ3v) is 6.91. The molecule has 0 fully saturated rings. The van der Waals surface area contributed by atoms with Gasteiger partial charge in [-0.2, -0.15) is 0 Å². The van der Waals surface area contributed by atoms with Crippen LogP contribution in [0.5, 0.6) is 0 Å².